The summed E-state index contributed by atoms with van der Waals surface area (Å²) in [5.74, 6) is 0.138. The van der Waals surface area contributed by atoms with Crippen molar-refractivity contribution in [3.8, 4) is 0 Å². The Morgan fingerprint density at radius 3 is 2.10 bits per heavy atom. The number of hydrogen-bond donors (Lipinski definition) is 0. The van der Waals surface area contributed by atoms with Gasteiger partial charge in [-0.2, -0.15) is 0 Å². The minimum atomic E-state index is -0.799. The number of allylic oxidation sites excluding steroid dienone is 2. The van der Waals surface area contributed by atoms with E-state index in [1.807, 2.05) is 18.2 Å². The van der Waals surface area contributed by atoms with E-state index in [2.05, 4.69) is 71.4 Å². The maximum absolute atomic E-state index is 13.9. The predicted molar refractivity (Wildman–Crippen MR) is 122 cm³/mol. The predicted octanol–water partition coefficient (Wildman–Crippen LogP) is 6.66. The van der Waals surface area contributed by atoms with Gasteiger partial charge in [-0.1, -0.05) is 66.7 Å². The van der Waals surface area contributed by atoms with Gasteiger partial charge in [-0.15, -0.1) is 22.7 Å². The summed E-state index contributed by atoms with van der Waals surface area (Å²) in [7, 11) is 0. The molecule has 2 heterocycles. The molecule has 2 aromatic carbocycles. The average molecular weight is 409 g/mol. The number of fused-ring (bicyclic) bond motifs is 4. The fraction of sp³-hybridized carbons (Fsp3) is 0.0385. The minimum absolute atomic E-state index is 0.138. The molecule has 1 spiro atoms. The molecule has 0 saturated carbocycles. The normalized spacial score (nSPS) is 19.7. The van der Waals surface area contributed by atoms with Gasteiger partial charge >= 0.3 is 0 Å². The molecule has 2 aliphatic carbocycles. The Kier molecular flexibility index (Phi) is 3.64. The van der Waals surface area contributed by atoms with E-state index >= 15 is 0 Å². The molecule has 0 N–H and O–H groups in total. The zero-order valence-electron chi connectivity index (χ0n) is 15.5. The third-order valence-electron chi connectivity index (χ3n) is 5.91. The van der Waals surface area contributed by atoms with Crippen molar-refractivity contribution >= 4 is 45.7 Å². The molecule has 2 aliphatic rings. The van der Waals surface area contributed by atoms with Crippen molar-refractivity contribution in [2.75, 3.05) is 0 Å². The van der Waals surface area contributed by atoms with Crippen molar-refractivity contribution in [3.63, 3.8) is 0 Å². The number of carbonyl (C=O) groups is 1. The monoisotopic (exact) mass is 408 g/mol. The molecule has 0 bridgehead atoms. The van der Waals surface area contributed by atoms with Crippen molar-refractivity contribution < 1.29 is 4.79 Å². The second-order valence-electron chi connectivity index (χ2n) is 7.29. The molecule has 4 aromatic rings. The summed E-state index contributed by atoms with van der Waals surface area (Å²) in [6, 6.07) is 25.2. The van der Waals surface area contributed by atoms with Crippen molar-refractivity contribution in [3.05, 3.63) is 122 Å². The van der Waals surface area contributed by atoms with Crippen LogP contribution in [0.2, 0.25) is 0 Å². The quantitative estimate of drug-likeness (QED) is 0.362. The van der Waals surface area contributed by atoms with E-state index in [9.17, 15) is 4.79 Å². The van der Waals surface area contributed by atoms with Crippen LogP contribution in [0, 0.1) is 0 Å². The molecular formula is C26H16OS2. The highest BCUT2D eigenvalue weighted by atomic mass is 32.1. The molecule has 0 fully saturated rings. The largest absolute Gasteiger partial charge is 0.293 e. The lowest BCUT2D eigenvalue weighted by Crippen LogP contribution is -2.38. The van der Waals surface area contributed by atoms with E-state index in [0.29, 0.717) is 0 Å². The van der Waals surface area contributed by atoms with Gasteiger partial charge in [-0.05, 0) is 51.2 Å². The zero-order valence-corrected chi connectivity index (χ0v) is 17.1. The number of thiophene rings is 2. The fourth-order valence-electron chi connectivity index (χ4n) is 4.83. The maximum atomic E-state index is 13.9. The van der Waals surface area contributed by atoms with Gasteiger partial charge in [0.15, 0.2) is 5.78 Å². The van der Waals surface area contributed by atoms with Gasteiger partial charge in [0.25, 0.3) is 0 Å². The first kappa shape index (κ1) is 16.9. The molecule has 0 saturated heterocycles. The third-order valence-corrected chi connectivity index (χ3v) is 7.68. The first-order valence-corrected chi connectivity index (χ1v) is 11.3. The number of carbonyl (C=O) groups excluding carboxylic acids is 1. The van der Waals surface area contributed by atoms with Crippen LogP contribution in [0.5, 0.6) is 0 Å². The first-order chi connectivity index (χ1) is 14.3. The highest BCUT2D eigenvalue weighted by molar-refractivity contribution is 7.12. The molecule has 0 radical (unpaired) electrons. The van der Waals surface area contributed by atoms with E-state index < -0.39 is 5.41 Å². The highest BCUT2D eigenvalue weighted by Gasteiger charge is 2.53. The summed E-state index contributed by atoms with van der Waals surface area (Å²) >= 11 is 3.44. The van der Waals surface area contributed by atoms with Crippen LogP contribution in [-0.2, 0) is 10.2 Å². The topological polar surface area (TPSA) is 17.1 Å². The van der Waals surface area contributed by atoms with Crippen LogP contribution in [0.4, 0.5) is 0 Å². The number of rotatable bonds is 2. The van der Waals surface area contributed by atoms with Gasteiger partial charge in [-0.25, -0.2) is 0 Å². The van der Waals surface area contributed by atoms with Crippen molar-refractivity contribution in [1.82, 2.24) is 0 Å². The third kappa shape index (κ3) is 2.17. The van der Waals surface area contributed by atoms with Crippen LogP contribution in [-0.4, -0.2) is 5.78 Å². The Morgan fingerprint density at radius 2 is 1.34 bits per heavy atom. The number of benzene rings is 2. The van der Waals surface area contributed by atoms with Gasteiger partial charge in [-0.3, -0.25) is 4.79 Å². The van der Waals surface area contributed by atoms with Gasteiger partial charge in [0.1, 0.15) is 5.41 Å². The van der Waals surface area contributed by atoms with Gasteiger partial charge < -0.3 is 0 Å². The highest BCUT2D eigenvalue weighted by Crippen LogP contribution is 2.59. The SMILES string of the molecule is O=C1C=Cc2ccccc2C12C(c1cccs1)=C(c1cccs1)c1ccccc12. The lowest BCUT2D eigenvalue weighted by Gasteiger charge is -2.35. The molecule has 1 atom stereocenters. The first-order valence-electron chi connectivity index (χ1n) is 9.56. The Labute approximate surface area is 177 Å². The molecular weight excluding hydrogens is 392 g/mol. The Balaban J connectivity index is 1.84. The second-order valence-corrected chi connectivity index (χ2v) is 9.18. The Hall–Kier alpha value is -3.01. The molecule has 1 nitrogen and oxygen atoms in total. The number of hydrogen-bond acceptors (Lipinski definition) is 3. The Morgan fingerprint density at radius 1 is 0.655 bits per heavy atom. The van der Waals surface area contributed by atoms with Gasteiger partial charge in [0.05, 0.1) is 0 Å². The molecule has 3 heteroatoms. The second kappa shape index (κ2) is 6.24. The average Bonchev–Trinajstić information content (AvgIpc) is 3.50. The van der Waals surface area contributed by atoms with Crippen LogP contribution in [0.15, 0.2) is 89.6 Å². The lowest BCUT2D eigenvalue weighted by atomic mass is 9.64. The summed E-state index contributed by atoms with van der Waals surface area (Å²) < 4.78 is 0. The van der Waals surface area contributed by atoms with E-state index in [1.165, 1.54) is 10.5 Å². The zero-order chi connectivity index (χ0) is 19.4. The molecule has 1 unspecified atom stereocenters. The van der Waals surface area contributed by atoms with E-state index in [0.717, 1.165) is 32.7 Å². The van der Waals surface area contributed by atoms with Crippen molar-refractivity contribution in [1.29, 1.82) is 0 Å². The molecule has 0 amide bonds. The number of ketones is 1. The smallest absolute Gasteiger partial charge is 0.175 e. The molecule has 2 aromatic heterocycles. The van der Waals surface area contributed by atoms with Crippen molar-refractivity contribution in [2.45, 2.75) is 5.41 Å². The molecule has 29 heavy (non-hydrogen) atoms. The molecule has 0 aliphatic heterocycles. The van der Waals surface area contributed by atoms with Crippen LogP contribution < -0.4 is 0 Å². The summed E-state index contributed by atoms with van der Waals surface area (Å²) in [5, 5.41) is 4.21. The van der Waals surface area contributed by atoms with Crippen molar-refractivity contribution in [2.24, 2.45) is 0 Å². The van der Waals surface area contributed by atoms with Crippen LogP contribution >= 0.6 is 22.7 Å². The fourth-order valence-corrected chi connectivity index (χ4v) is 6.46. The van der Waals surface area contributed by atoms with Crippen LogP contribution in [0.3, 0.4) is 0 Å². The molecule has 138 valence electrons. The lowest BCUT2D eigenvalue weighted by molar-refractivity contribution is -0.116. The Bertz CT molecular complexity index is 1310. The van der Waals surface area contributed by atoms with E-state index in [-0.39, 0.29) is 5.78 Å². The summed E-state index contributed by atoms with van der Waals surface area (Å²) in [6.07, 6.45) is 3.73. The van der Waals surface area contributed by atoms with E-state index in [1.54, 1.807) is 28.7 Å². The maximum Gasteiger partial charge on any atom is 0.175 e. The standard InChI is InChI=1S/C26H16OS2/c27-23-14-13-17-7-1-3-9-19(17)26(23)20-10-4-2-8-18(20)24(21-11-5-15-28-21)25(26)22-12-6-16-29-22/h1-16H. The van der Waals surface area contributed by atoms with Gasteiger partial charge in [0.2, 0.25) is 0 Å². The summed E-state index contributed by atoms with van der Waals surface area (Å²) in [6.45, 7) is 0. The molecule has 6 rings (SSSR count). The summed E-state index contributed by atoms with van der Waals surface area (Å²) in [5.41, 5.74) is 5.96. The van der Waals surface area contributed by atoms with E-state index in [4.69, 9.17) is 0 Å². The van der Waals surface area contributed by atoms with Gasteiger partial charge in [0, 0.05) is 20.9 Å². The van der Waals surface area contributed by atoms with Crippen LogP contribution in [0.1, 0.15) is 32.0 Å². The van der Waals surface area contributed by atoms with Crippen LogP contribution in [0.25, 0.3) is 17.2 Å². The summed E-state index contributed by atoms with van der Waals surface area (Å²) in [4.78, 5) is 16.2. The minimum Gasteiger partial charge on any atom is -0.293 e.